The fourth-order valence-corrected chi connectivity index (χ4v) is 3.90. The summed E-state index contributed by atoms with van der Waals surface area (Å²) in [5.74, 6) is -4.71. The number of aryl methyl sites for hydroxylation is 1. The molecule has 186 valence electrons. The number of rotatable bonds is 5. The Morgan fingerprint density at radius 2 is 1.70 bits per heavy atom. The third kappa shape index (κ3) is 4.90. The molecule has 0 fully saturated rings. The number of halogens is 3. The summed E-state index contributed by atoms with van der Waals surface area (Å²) < 4.78 is 40.4. The molecule has 0 saturated carbocycles. The van der Waals surface area contributed by atoms with Gasteiger partial charge in [-0.2, -0.15) is 0 Å². The summed E-state index contributed by atoms with van der Waals surface area (Å²) in [7, 11) is 0. The molecule has 2 heterocycles. The molecule has 1 aromatic heterocycles. The number of carbonyl (C=O) groups is 2. The molecule has 5 rings (SSSR count). The van der Waals surface area contributed by atoms with Crippen molar-refractivity contribution in [2.75, 3.05) is 21.3 Å². The smallest absolute Gasteiger partial charge is 0.323 e. The highest BCUT2D eigenvalue weighted by molar-refractivity contribution is 6.35. The van der Waals surface area contributed by atoms with Crippen LogP contribution in [0.4, 0.5) is 46.4 Å². The molecule has 0 aliphatic carbocycles. The van der Waals surface area contributed by atoms with Gasteiger partial charge in [-0.1, -0.05) is 12.1 Å². The van der Waals surface area contributed by atoms with Gasteiger partial charge in [-0.05, 0) is 67.1 Å². The maximum Gasteiger partial charge on any atom is 0.323 e. The molecule has 1 aliphatic rings. The molecule has 0 atom stereocenters. The Morgan fingerprint density at radius 3 is 2.49 bits per heavy atom. The fraction of sp³-hybridized carbons (Fsp3) is 0.0370. The molecule has 3 aromatic carbocycles. The lowest BCUT2D eigenvalue weighted by molar-refractivity contribution is -0.110. The molecule has 5 N–H and O–H groups in total. The molecule has 0 saturated heterocycles. The molecular formula is C27H20F3N5O2. The van der Waals surface area contributed by atoms with Crippen LogP contribution in [0.5, 0.6) is 0 Å². The summed E-state index contributed by atoms with van der Waals surface area (Å²) in [6.45, 7) is 1.87. The van der Waals surface area contributed by atoms with Gasteiger partial charge in [-0.25, -0.2) is 18.0 Å². The fourth-order valence-electron chi connectivity index (χ4n) is 3.90. The Morgan fingerprint density at radius 1 is 0.892 bits per heavy atom. The second kappa shape index (κ2) is 9.57. The minimum Gasteiger partial charge on any atom is -0.362 e. The maximum absolute atomic E-state index is 13.9. The number of H-pyrrole nitrogens is 1. The Labute approximate surface area is 209 Å². The number of hydrogen-bond donors (Lipinski definition) is 5. The summed E-state index contributed by atoms with van der Waals surface area (Å²) in [6.07, 6.45) is 3.56. The summed E-state index contributed by atoms with van der Waals surface area (Å²) in [5, 5.41) is 10.8. The first-order valence-corrected chi connectivity index (χ1v) is 11.2. The van der Waals surface area contributed by atoms with Crippen molar-refractivity contribution in [2.45, 2.75) is 6.92 Å². The van der Waals surface area contributed by atoms with Gasteiger partial charge < -0.3 is 26.3 Å². The number of amides is 3. The van der Waals surface area contributed by atoms with Gasteiger partial charge in [0.2, 0.25) is 0 Å². The van der Waals surface area contributed by atoms with E-state index in [1.54, 1.807) is 36.5 Å². The zero-order valence-electron chi connectivity index (χ0n) is 19.4. The zero-order valence-corrected chi connectivity index (χ0v) is 19.4. The second-order valence-electron chi connectivity index (χ2n) is 8.35. The minimum absolute atomic E-state index is 0.201. The van der Waals surface area contributed by atoms with E-state index in [1.807, 2.05) is 31.2 Å². The van der Waals surface area contributed by atoms with Gasteiger partial charge >= 0.3 is 6.03 Å². The monoisotopic (exact) mass is 503 g/mol. The first-order valence-electron chi connectivity index (χ1n) is 11.2. The first kappa shape index (κ1) is 23.7. The second-order valence-corrected chi connectivity index (χ2v) is 8.35. The van der Waals surface area contributed by atoms with Crippen LogP contribution in [-0.4, -0.2) is 16.9 Å². The van der Waals surface area contributed by atoms with Crippen molar-refractivity contribution >= 4 is 52.0 Å². The molecule has 7 nitrogen and oxygen atoms in total. The van der Waals surface area contributed by atoms with E-state index in [1.165, 1.54) is 0 Å². The number of fused-ring (bicyclic) bond motifs is 1. The van der Waals surface area contributed by atoms with Gasteiger partial charge in [-0.3, -0.25) is 4.79 Å². The molecule has 4 aromatic rings. The third-order valence-corrected chi connectivity index (χ3v) is 5.78. The van der Waals surface area contributed by atoms with Gasteiger partial charge in [0.15, 0.2) is 17.5 Å². The highest BCUT2D eigenvalue weighted by Gasteiger charge is 2.24. The molecule has 10 heteroatoms. The average Bonchev–Trinajstić information content (AvgIpc) is 3.49. The lowest BCUT2D eigenvalue weighted by Gasteiger charge is -2.14. The molecule has 3 amide bonds. The van der Waals surface area contributed by atoms with Gasteiger partial charge in [0.05, 0.1) is 16.9 Å². The van der Waals surface area contributed by atoms with Crippen LogP contribution in [0, 0.1) is 24.4 Å². The van der Waals surface area contributed by atoms with E-state index in [9.17, 15) is 22.8 Å². The van der Waals surface area contributed by atoms with Gasteiger partial charge in [0.25, 0.3) is 5.91 Å². The van der Waals surface area contributed by atoms with Crippen molar-refractivity contribution in [3.63, 3.8) is 0 Å². The lowest BCUT2D eigenvalue weighted by atomic mass is 10.1. The van der Waals surface area contributed by atoms with Crippen molar-refractivity contribution < 1.29 is 22.8 Å². The van der Waals surface area contributed by atoms with Crippen LogP contribution in [0.25, 0.3) is 11.6 Å². The predicted molar refractivity (Wildman–Crippen MR) is 137 cm³/mol. The van der Waals surface area contributed by atoms with E-state index >= 15 is 0 Å². The van der Waals surface area contributed by atoms with Crippen LogP contribution >= 0.6 is 0 Å². The van der Waals surface area contributed by atoms with Crippen LogP contribution in [0.2, 0.25) is 0 Å². The van der Waals surface area contributed by atoms with E-state index in [2.05, 4.69) is 26.3 Å². The number of anilines is 5. The number of nitrogens with one attached hydrogen (secondary N) is 5. The number of hydrogen-bond acceptors (Lipinski definition) is 3. The van der Waals surface area contributed by atoms with Crippen LogP contribution in [0.15, 0.2) is 66.9 Å². The summed E-state index contributed by atoms with van der Waals surface area (Å²) in [5.41, 5.74) is 4.93. The van der Waals surface area contributed by atoms with Crippen molar-refractivity contribution in [2.24, 2.45) is 0 Å². The molecule has 0 bridgehead atoms. The molecular weight excluding hydrogens is 483 g/mol. The van der Waals surface area contributed by atoms with E-state index in [0.717, 1.165) is 29.0 Å². The summed E-state index contributed by atoms with van der Waals surface area (Å²) in [4.78, 5) is 27.9. The van der Waals surface area contributed by atoms with Crippen molar-refractivity contribution in [1.82, 2.24) is 4.98 Å². The SMILES string of the molecule is Cc1ccc(NC(=O)Nc2ccc(F)c(F)c2F)cc1Nc1ccc2c(c1)NC(=O)C2=Cc1ccc[nH]1. The maximum atomic E-state index is 13.9. The van der Waals surface area contributed by atoms with Gasteiger partial charge in [0, 0.05) is 34.5 Å². The third-order valence-electron chi connectivity index (χ3n) is 5.78. The predicted octanol–water partition coefficient (Wildman–Crippen LogP) is 6.62. The van der Waals surface area contributed by atoms with Crippen LogP contribution in [0.3, 0.4) is 0 Å². The lowest BCUT2D eigenvalue weighted by Crippen LogP contribution is -2.20. The number of aromatic nitrogens is 1. The Hall–Kier alpha value is -4.99. The summed E-state index contributed by atoms with van der Waals surface area (Å²) in [6, 6.07) is 15.1. The topological polar surface area (TPSA) is 98.0 Å². The van der Waals surface area contributed by atoms with Gasteiger partial charge in [-0.15, -0.1) is 0 Å². The van der Waals surface area contributed by atoms with E-state index in [-0.39, 0.29) is 5.91 Å². The van der Waals surface area contributed by atoms with Crippen LogP contribution in [-0.2, 0) is 4.79 Å². The average molecular weight is 503 g/mol. The highest BCUT2D eigenvalue weighted by atomic mass is 19.2. The number of aromatic amines is 1. The van der Waals surface area contributed by atoms with Crippen LogP contribution in [0.1, 0.15) is 16.8 Å². The zero-order chi connectivity index (χ0) is 26.1. The standard InChI is InChI=1S/C27H20F3N5O2/c1-14-4-5-17(33-27(37)35-21-9-8-20(28)24(29)25(21)30)12-22(14)32-16-6-7-18-19(11-15-3-2-10-31-15)26(36)34-23(18)13-16/h2-13,31-32H,1H3,(H,34,36)(H2,33,35,37). The molecule has 37 heavy (non-hydrogen) atoms. The Balaban J connectivity index is 1.32. The molecule has 0 radical (unpaired) electrons. The summed E-state index contributed by atoms with van der Waals surface area (Å²) >= 11 is 0. The first-order chi connectivity index (χ1) is 17.8. The molecule has 0 unspecified atom stereocenters. The van der Waals surface area contributed by atoms with Crippen LogP contribution < -0.4 is 21.3 Å². The molecule has 0 spiro atoms. The quantitative estimate of drug-likeness (QED) is 0.156. The number of benzene rings is 3. The van der Waals surface area contributed by atoms with Crippen molar-refractivity contribution in [3.05, 3.63) is 101 Å². The van der Waals surface area contributed by atoms with E-state index < -0.39 is 29.2 Å². The van der Waals surface area contributed by atoms with Crippen molar-refractivity contribution in [1.29, 1.82) is 0 Å². The minimum atomic E-state index is -1.67. The van der Waals surface area contributed by atoms with Crippen molar-refractivity contribution in [3.8, 4) is 0 Å². The largest absolute Gasteiger partial charge is 0.362 e. The van der Waals surface area contributed by atoms with E-state index in [4.69, 9.17) is 0 Å². The van der Waals surface area contributed by atoms with E-state index in [0.29, 0.717) is 28.3 Å². The van der Waals surface area contributed by atoms with Gasteiger partial charge in [0.1, 0.15) is 0 Å². The number of urea groups is 1. The normalized spacial score (nSPS) is 13.3. The highest BCUT2D eigenvalue weighted by Crippen LogP contribution is 2.36. The number of carbonyl (C=O) groups excluding carboxylic acids is 2. The Kier molecular flexibility index (Phi) is 6.14. The Bertz CT molecular complexity index is 1560. The molecule has 1 aliphatic heterocycles.